The maximum Gasteiger partial charge on any atom is 0.216 e. The van der Waals surface area contributed by atoms with Crippen molar-refractivity contribution in [1.82, 2.24) is 15.0 Å². The van der Waals surface area contributed by atoms with Gasteiger partial charge in [0.05, 0.1) is 6.20 Å². The first-order chi connectivity index (χ1) is 8.56. The van der Waals surface area contributed by atoms with E-state index < -0.39 is 0 Å². The third kappa shape index (κ3) is 2.85. The van der Waals surface area contributed by atoms with Gasteiger partial charge in [0.15, 0.2) is 0 Å². The molecule has 0 radical (unpaired) electrons. The van der Waals surface area contributed by atoms with Gasteiger partial charge in [-0.15, -0.1) is 0 Å². The lowest BCUT2D eigenvalue weighted by molar-refractivity contribution is 0.453. The van der Waals surface area contributed by atoms with Gasteiger partial charge < -0.3 is 9.73 Å². The fourth-order valence-electron chi connectivity index (χ4n) is 1.62. The van der Waals surface area contributed by atoms with Crippen molar-refractivity contribution in [3.05, 3.63) is 35.9 Å². The van der Waals surface area contributed by atoms with Crippen LogP contribution in [0.15, 0.2) is 23.0 Å². The lowest BCUT2D eigenvalue weighted by Crippen LogP contribution is -2.09. The maximum absolute atomic E-state index is 5.48. The Kier molecular flexibility index (Phi) is 3.60. The standard InChI is InChI=1S/C13H18N4O/c1-8(2)11-5-12(16-7-15-11)17-10(4)13-14-6-9(3)18-13/h5-8,10H,1-4H3,(H,15,16,17). The summed E-state index contributed by atoms with van der Waals surface area (Å²) in [7, 11) is 0. The number of nitrogens with zero attached hydrogens (tertiary/aromatic N) is 3. The average Bonchev–Trinajstić information content (AvgIpc) is 2.76. The Balaban J connectivity index is 2.11. The summed E-state index contributed by atoms with van der Waals surface area (Å²) in [6.45, 7) is 8.08. The molecule has 0 amide bonds. The molecule has 1 unspecified atom stereocenters. The fourth-order valence-corrected chi connectivity index (χ4v) is 1.62. The highest BCUT2D eigenvalue weighted by molar-refractivity contribution is 5.37. The first-order valence-electron chi connectivity index (χ1n) is 6.07. The van der Waals surface area contributed by atoms with Crippen molar-refractivity contribution in [1.29, 1.82) is 0 Å². The van der Waals surface area contributed by atoms with E-state index in [-0.39, 0.29) is 6.04 Å². The second-order valence-corrected chi connectivity index (χ2v) is 4.66. The predicted molar refractivity (Wildman–Crippen MR) is 69.4 cm³/mol. The molecule has 0 fully saturated rings. The van der Waals surface area contributed by atoms with Gasteiger partial charge in [-0.1, -0.05) is 13.8 Å². The van der Waals surface area contributed by atoms with E-state index in [1.54, 1.807) is 12.5 Å². The molecule has 2 heterocycles. The van der Waals surface area contributed by atoms with Crippen LogP contribution in [0.2, 0.25) is 0 Å². The largest absolute Gasteiger partial charge is 0.444 e. The van der Waals surface area contributed by atoms with Crippen LogP contribution in [0.5, 0.6) is 0 Å². The van der Waals surface area contributed by atoms with E-state index in [1.165, 1.54) is 0 Å². The second kappa shape index (κ2) is 5.16. The number of hydrogen-bond donors (Lipinski definition) is 1. The topological polar surface area (TPSA) is 63.8 Å². The molecule has 0 saturated heterocycles. The van der Waals surface area contributed by atoms with Gasteiger partial charge >= 0.3 is 0 Å². The van der Waals surface area contributed by atoms with Gasteiger partial charge in [0.2, 0.25) is 5.89 Å². The van der Waals surface area contributed by atoms with Crippen LogP contribution in [0.25, 0.3) is 0 Å². The van der Waals surface area contributed by atoms with E-state index in [1.807, 2.05) is 19.9 Å². The molecule has 5 heteroatoms. The van der Waals surface area contributed by atoms with Gasteiger partial charge in [0.25, 0.3) is 0 Å². The first kappa shape index (κ1) is 12.5. The van der Waals surface area contributed by atoms with Crippen molar-refractivity contribution in [3.8, 4) is 0 Å². The zero-order valence-corrected chi connectivity index (χ0v) is 11.1. The molecule has 1 atom stereocenters. The van der Waals surface area contributed by atoms with Gasteiger partial charge in [-0.2, -0.15) is 0 Å². The van der Waals surface area contributed by atoms with Crippen LogP contribution in [-0.2, 0) is 0 Å². The van der Waals surface area contributed by atoms with Crippen LogP contribution in [0.3, 0.4) is 0 Å². The van der Waals surface area contributed by atoms with E-state index >= 15 is 0 Å². The van der Waals surface area contributed by atoms with E-state index in [4.69, 9.17) is 4.42 Å². The molecule has 18 heavy (non-hydrogen) atoms. The summed E-state index contributed by atoms with van der Waals surface area (Å²) in [5.74, 6) is 2.64. The van der Waals surface area contributed by atoms with E-state index in [0.29, 0.717) is 11.8 Å². The minimum atomic E-state index is -0.0198. The van der Waals surface area contributed by atoms with Crippen LogP contribution in [0, 0.1) is 6.92 Å². The summed E-state index contributed by atoms with van der Waals surface area (Å²) in [5, 5.41) is 3.26. The normalized spacial score (nSPS) is 12.7. The number of oxazole rings is 1. The summed E-state index contributed by atoms with van der Waals surface area (Å²) < 4.78 is 5.48. The molecule has 96 valence electrons. The van der Waals surface area contributed by atoms with Crippen molar-refractivity contribution >= 4 is 5.82 Å². The number of aryl methyl sites for hydroxylation is 1. The molecule has 5 nitrogen and oxygen atoms in total. The number of hydrogen-bond acceptors (Lipinski definition) is 5. The summed E-state index contributed by atoms with van der Waals surface area (Å²) in [5.41, 5.74) is 1.02. The monoisotopic (exact) mass is 246 g/mol. The van der Waals surface area contributed by atoms with Crippen LogP contribution in [0.1, 0.15) is 50.1 Å². The van der Waals surface area contributed by atoms with Crippen LogP contribution < -0.4 is 5.32 Å². The molecule has 0 aromatic carbocycles. The highest BCUT2D eigenvalue weighted by atomic mass is 16.4. The maximum atomic E-state index is 5.48. The molecule has 0 aliphatic rings. The molecule has 0 saturated carbocycles. The SMILES string of the molecule is Cc1cnc(C(C)Nc2cc(C(C)C)ncn2)o1. The predicted octanol–water partition coefficient (Wildman–Crippen LogP) is 3.07. The molecule has 2 aromatic rings. The minimum Gasteiger partial charge on any atom is -0.444 e. The summed E-state index contributed by atoms with van der Waals surface area (Å²) in [6, 6.07) is 1.94. The highest BCUT2D eigenvalue weighted by Gasteiger charge is 2.12. The Morgan fingerprint density at radius 1 is 1.17 bits per heavy atom. The van der Waals surface area contributed by atoms with Crippen molar-refractivity contribution < 1.29 is 4.42 Å². The summed E-state index contributed by atoms with van der Waals surface area (Å²) >= 11 is 0. The lowest BCUT2D eigenvalue weighted by Gasteiger charge is -2.12. The third-order valence-corrected chi connectivity index (χ3v) is 2.65. The van der Waals surface area contributed by atoms with Crippen LogP contribution >= 0.6 is 0 Å². The molecule has 0 aliphatic carbocycles. The van der Waals surface area contributed by atoms with Crippen LogP contribution in [0.4, 0.5) is 5.82 Å². The Morgan fingerprint density at radius 2 is 1.94 bits per heavy atom. The quantitative estimate of drug-likeness (QED) is 0.898. The molecule has 0 spiro atoms. The van der Waals surface area contributed by atoms with E-state index in [2.05, 4.69) is 34.1 Å². The zero-order chi connectivity index (χ0) is 13.1. The molecule has 2 rings (SSSR count). The molecule has 1 N–H and O–H groups in total. The van der Waals surface area contributed by atoms with Gasteiger partial charge in [-0.25, -0.2) is 15.0 Å². The van der Waals surface area contributed by atoms with E-state index in [9.17, 15) is 0 Å². The zero-order valence-electron chi connectivity index (χ0n) is 11.1. The number of rotatable bonds is 4. The van der Waals surface area contributed by atoms with Gasteiger partial charge in [-0.3, -0.25) is 0 Å². The lowest BCUT2D eigenvalue weighted by atomic mass is 10.1. The van der Waals surface area contributed by atoms with E-state index in [0.717, 1.165) is 17.3 Å². The Morgan fingerprint density at radius 3 is 2.56 bits per heavy atom. The highest BCUT2D eigenvalue weighted by Crippen LogP contribution is 2.19. The summed E-state index contributed by atoms with van der Waals surface area (Å²) in [4.78, 5) is 12.6. The van der Waals surface area contributed by atoms with Crippen LogP contribution in [-0.4, -0.2) is 15.0 Å². The molecular formula is C13H18N4O. The average molecular weight is 246 g/mol. The van der Waals surface area contributed by atoms with Crippen molar-refractivity contribution in [2.45, 2.75) is 39.7 Å². The Hall–Kier alpha value is -1.91. The first-order valence-corrected chi connectivity index (χ1v) is 6.07. The number of nitrogens with one attached hydrogen (secondary N) is 1. The summed E-state index contributed by atoms with van der Waals surface area (Å²) in [6.07, 6.45) is 3.29. The van der Waals surface area contributed by atoms with Crippen molar-refractivity contribution in [2.75, 3.05) is 5.32 Å². The molecule has 0 bridgehead atoms. The van der Waals surface area contributed by atoms with Gasteiger partial charge in [-0.05, 0) is 19.8 Å². The molecular weight excluding hydrogens is 228 g/mol. The molecule has 2 aromatic heterocycles. The van der Waals surface area contributed by atoms with Crippen molar-refractivity contribution in [2.24, 2.45) is 0 Å². The Bertz CT molecular complexity index is 521. The molecule has 0 aliphatic heterocycles. The second-order valence-electron chi connectivity index (χ2n) is 4.66. The van der Waals surface area contributed by atoms with Gasteiger partial charge in [0, 0.05) is 11.8 Å². The smallest absolute Gasteiger partial charge is 0.216 e. The number of anilines is 1. The van der Waals surface area contributed by atoms with Crippen molar-refractivity contribution in [3.63, 3.8) is 0 Å². The Labute approximate surface area is 107 Å². The minimum absolute atomic E-state index is 0.0198. The fraction of sp³-hybridized carbons (Fsp3) is 0.462. The van der Waals surface area contributed by atoms with Gasteiger partial charge in [0.1, 0.15) is 23.9 Å². The third-order valence-electron chi connectivity index (χ3n) is 2.65. The number of aromatic nitrogens is 3.